The predicted molar refractivity (Wildman–Crippen MR) is 121 cm³/mol. The van der Waals surface area contributed by atoms with Crippen LogP contribution in [0.4, 0.5) is 5.13 Å². The molecule has 1 aromatic heterocycles. The molecule has 4 rings (SSSR count). The zero-order chi connectivity index (χ0) is 21.5. The van der Waals surface area contributed by atoms with Gasteiger partial charge in [-0.2, -0.15) is 4.31 Å². The van der Waals surface area contributed by atoms with Gasteiger partial charge in [0.2, 0.25) is 15.9 Å². The Hall–Kier alpha value is -2.00. The summed E-state index contributed by atoms with van der Waals surface area (Å²) in [6.07, 6.45) is 0.958. The van der Waals surface area contributed by atoms with Crippen LogP contribution in [0.1, 0.15) is 24.0 Å². The smallest absolute Gasteiger partial charge is 0.243 e. The van der Waals surface area contributed by atoms with E-state index in [0.29, 0.717) is 41.0 Å². The number of fused-ring (bicyclic) bond motifs is 1. The van der Waals surface area contributed by atoms with Gasteiger partial charge in [-0.25, -0.2) is 13.4 Å². The molecular formula is C21H22ClN3O3S2. The molecule has 0 atom stereocenters. The Kier molecular flexibility index (Phi) is 5.85. The SMILES string of the molecule is Cc1ccc(S(=O)(=O)N2CCC(C(=O)Nc3nc4c(C)c(Cl)ccc4s3)CC2)cc1. The van der Waals surface area contributed by atoms with E-state index in [9.17, 15) is 13.2 Å². The molecule has 2 heterocycles. The van der Waals surface area contributed by atoms with Gasteiger partial charge < -0.3 is 5.32 Å². The zero-order valence-corrected chi connectivity index (χ0v) is 19.1. The number of nitrogens with one attached hydrogen (secondary N) is 1. The van der Waals surface area contributed by atoms with E-state index in [1.165, 1.54) is 15.6 Å². The standard InChI is InChI=1S/C21H22ClN3O3S2/c1-13-3-5-16(6-4-13)30(27,28)25-11-9-15(10-12-25)20(26)24-21-23-19-14(2)17(22)7-8-18(19)29-21/h3-8,15H,9-12H2,1-2H3,(H,23,24,26). The third kappa shape index (κ3) is 4.09. The molecule has 1 aliphatic heterocycles. The predicted octanol–water partition coefficient (Wildman–Crippen LogP) is 4.61. The van der Waals surface area contributed by atoms with Crippen LogP contribution in [0.3, 0.4) is 0 Å². The first-order valence-corrected chi connectivity index (χ1v) is 12.3. The molecule has 0 radical (unpaired) electrons. The first-order valence-electron chi connectivity index (χ1n) is 9.69. The molecule has 0 unspecified atom stereocenters. The highest BCUT2D eigenvalue weighted by Crippen LogP contribution is 2.32. The minimum atomic E-state index is -3.53. The van der Waals surface area contributed by atoms with Crippen LogP contribution in [-0.2, 0) is 14.8 Å². The number of sulfonamides is 1. The van der Waals surface area contributed by atoms with Gasteiger partial charge in [-0.05, 0) is 56.5 Å². The minimum absolute atomic E-state index is 0.120. The average Bonchev–Trinajstić information content (AvgIpc) is 3.14. The lowest BCUT2D eigenvalue weighted by atomic mass is 9.97. The molecule has 2 aromatic carbocycles. The fourth-order valence-corrected chi connectivity index (χ4v) is 6.13. The summed E-state index contributed by atoms with van der Waals surface area (Å²) in [5.74, 6) is -0.364. The number of carbonyl (C=O) groups excluding carboxylic acids is 1. The van der Waals surface area contributed by atoms with Gasteiger partial charge in [0.15, 0.2) is 5.13 Å². The van der Waals surface area contributed by atoms with Crippen molar-refractivity contribution < 1.29 is 13.2 Å². The van der Waals surface area contributed by atoms with Crippen LogP contribution < -0.4 is 5.32 Å². The van der Waals surface area contributed by atoms with Gasteiger partial charge in [-0.15, -0.1) is 0 Å². The lowest BCUT2D eigenvalue weighted by Crippen LogP contribution is -2.41. The molecule has 9 heteroatoms. The molecule has 3 aromatic rings. The Balaban J connectivity index is 1.41. The van der Waals surface area contributed by atoms with Crippen molar-refractivity contribution in [2.75, 3.05) is 18.4 Å². The summed E-state index contributed by atoms with van der Waals surface area (Å²) in [4.78, 5) is 17.5. The summed E-state index contributed by atoms with van der Waals surface area (Å²) in [6, 6.07) is 10.6. The monoisotopic (exact) mass is 463 g/mol. The van der Waals surface area contributed by atoms with E-state index in [1.807, 2.05) is 26.0 Å². The number of hydrogen-bond donors (Lipinski definition) is 1. The van der Waals surface area contributed by atoms with Gasteiger partial charge in [0.05, 0.1) is 15.1 Å². The van der Waals surface area contributed by atoms with E-state index in [0.717, 1.165) is 21.3 Å². The molecule has 1 amide bonds. The normalized spacial score (nSPS) is 16.1. The Morgan fingerprint density at radius 3 is 2.47 bits per heavy atom. The van der Waals surface area contributed by atoms with Crippen molar-refractivity contribution in [1.29, 1.82) is 0 Å². The lowest BCUT2D eigenvalue weighted by Gasteiger charge is -2.30. The summed E-state index contributed by atoms with van der Waals surface area (Å²) in [5, 5.41) is 4.08. The average molecular weight is 464 g/mol. The second kappa shape index (κ2) is 8.26. The highest BCUT2D eigenvalue weighted by atomic mass is 35.5. The molecule has 30 heavy (non-hydrogen) atoms. The van der Waals surface area contributed by atoms with Crippen LogP contribution >= 0.6 is 22.9 Å². The second-order valence-electron chi connectivity index (χ2n) is 7.52. The van der Waals surface area contributed by atoms with Crippen molar-refractivity contribution >= 4 is 54.2 Å². The number of aryl methyl sites for hydroxylation is 2. The molecule has 0 aliphatic carbocycles. The molecular weight excluding hydrogens is 442 g/mol. The highest BCUT2D eigenvalue weighted by Gasteiger charge is 2.32. The number of nitrogens with zero attached hydrogens (tertiary/aromatic N) is 2. The summed E-state index contributed by atoms with van der Waals surface area (Å²) in [7, 11) is -3.53. The zero-order valence-electron chi connectivity index (χ0n) is 16.7. The van der Waals surface area contributed by atoms with E-state index in [2.05, 4.69) is 10.3 Å². The number of amides is 1. The highest BCUT2D eigenvalue weighted by molar-refractivity contribution is 7.89. The molecule has 6 nitrogen and oxygen atoms in total. The molecule has 0 saturated carbocycles. The number of carbonyl (C=O) groups is 1. The van der Waals surface area contributed by atoms with Crippen LogP contribution in [0.2, 0.25) is 5.02 Å². The largest absolute Gasteiger partial charge is 0.302 e. The Bertz CT molecular complexity index is 1200. The van der Waals surface area contributed by atoms with Crippen molar-refractivity contribution in [2.45, 2.75) is 31.6 Å². The molecule has 158 valence electrons. The quantitative estimate of drug-likeness (QED) is 0.612. The number of piperidine rings is 1. The van der Waals surface area contributed by atoms with Gasteiger partial charge in [-0.1, -0.05) is 40.6 Å². The molecule has 1 aliphatic rings. The van der Waals surface area contributed by atoms with Gasteiger partial charge >= 0.3 is 0 Å². The van der Waals surface area contributed by atoms with Gasteiger partial charge in [0.1, 0.15) is 0 Å². The molecule has 0 bridgehead atoms. The Morgan fingerprint density at radius 2 is 1.80 bits per heavy atom. The van der Waals surface area contributed by atoms with Crippen LogP contribution in [0.5, 0.6) is 0 Å². The van der Waals surface area contributed by atoms with E-state index < -0.39 is 10.0 Å². The van der Waals surface area contributed by atoms with E-state index in [4.69, 9.17) is 11.6 Å². The fraction of sp³-hybridized carbons (Fsp3) is 0.333. The van der Waals surface area contributed by atoms with E-state index >= 15 is 0 Å². The Morgan fingerprint density at radius 1 is 1.13 bits per heavy atom. The minimum Gasteiger partial charge on any atom is -0.302 e. The van der Waals surface area contributed by atoms with Crippen molar-refractivity contribution in [3.63, 3.8) is 0 Å². The maximum absolute atomic E-state index is 12.8. The first kappa shape index (κ1) is 21.2. The summed E-state index contributed by atoms with van der Waals surface area (Å²) in [6.45, 7) is 4.47. The van der Waals surface area contributed by atoms with Gasteiger partial charge in [-0.3, -0.25) is 4.79 Å². The number of hydrogen-bond acceptors (Lipinski definition) is 5. The third-order valence-corrected chi connectivity index (χ3v) is 8.72. The number of benzene rings is 2. The Labute approximate surface area is 184 Å². The number of halogens is 1. The van der Waals surface area contributed by atoms with Crippen LogP contribution in [0.15, 0.2) is 41.3 Å². The van der Waals surface area contributed by atoms with Crippen molar-refractivity contribution in [1.82, 2.24) is 9.29 Å². The van der Waals surface area contributed by atoms with E-state index in [1.54, 1.807) is 24.3 Å². The lowest BCUT2D eigenvalue weighted by molar-refractivity contribution is -0.120. The van der Waals surface area contributed by atoms with Gasteiger partial charge in [0, 0.05) is 24.0 Å². The molecule has 1 saturated heterocycles. The van der Waals surface area contributed by atoms with Crippen molar-refractivity contribution in [3.8, 4) is 0 Å². The molecule has 1 N–H and O–H groups in total. The number of thiazole rings is 1. The van der Waals surface area contributed by atoms with Crippen LogP contribution in [0, 0.1) is 19.8 Å². The number of anilines is 1. The van der Waals surface area contributed by atoms with Crippen LogP contribution in [-0.4, -0.2) is 36.7 Å². The molecule has 1 fully saturated rings. The maximum atomic E-state index is 12.8. The summed E-state index contributed by atoms with van der Waals surface area (Å²) < 4.78 is 28.1. The summed E-state index contributed by atoms with van der Waals surface area (Å²) >= 11 is 7.56. The fourth-order valence-electron chi connectivity index (χ4n) is 3.58. The number of rotatable bonds is 4. The van der Waals surface area contributed by atoms with Crippen LogP contribution in [0.25, 0.3) is 10.2 Å². The van der Waals surface area contributed by atoms with E-state index in [-0.39, 0.29) is 11.8 Å². The number of aromatic nitrogens is 1. The van der Waals surface area contributed by atoms with Gasteiger partial charge in [0.25, 0.3) is 0 Å². The maximum Gasteiger partial charge on any atom is 0.243 e. The summed E-state index contributed by atoms with van der Waals surface area (Å²) in [5.41, 5.74) is 2.69. The first-order chi connectivity index (χ1) is 14.3. The second-order valence-corrected chi connectivity index (χ2v) is 10.9. The van der Waals surface area contributed by atoms with Crippen molar-refractivity contribution in [3.05, 3.63) is 52.5 Å². The van der Waals surface area contributed by atoms with Crippen molar-refractivity contribution in [2.24, 2.45) is 5.92 Å². The topological polar surface area (TPSA) is 79.4 Å². The third-order valence-electron chi connectivity index (χ3n) is 5.46. The molecule has 0 spiro atoms.